The van der Waals surface area contributed by atoms with Crippen molar-refractivity contribution in [1.82, 2.24) is 4.90 Å². The van der Waals surface area contributed by atoms with Crippen molar-refractivity contribution in [2.45, 2.75) is 38.4 Å². The minimum absolute atomic E-state index is 0.00135. The fraction of sp³-hybridized carbons (Fsp3) is 0.357. The zero-order valence-corrected chi connectivity index (χ0v) is 18.5. The van der Waals surface area contributed by atoms with Gasteiger partial charge in [-0.25, -0.2) is 0 Å². The number of para-hydroxylation sites is 1. The third-order valence-corrected chi connectivity index (χ3v) is 6.04. The summed E-state index contributed by atoms with van der Waals surface area (Å²) in [7, 11) is 0. The van der Waals surface area contributed by atoms with Crippen molar-refractivity contribution in [3.05, 3.63) is 102 Å². The van der Waals surface area contributed by atoms with E-state index < -0.39 is 0 Å². The molecule has 3 nitrogen and oxygen atoms in total. The Balaban J connectivity index is 1.24. The Bertz CT molecular complexity index is 865. The molecule has 0 bridgehead atoms. The Labute approximate surface area is 186 Å². The van der Waals surface area contributed by atoms with Crippen LogP contribution in [-0.2, 0) is 4.74 Å². The molecular weight excluding hydrogens is 382 g/mol. The molecule has 1 aliphatic heterocycles. The van der Waals surface area contributed by atoms with Crippen molar-refractivity contribution in [3.8, 4) is 5.75 Å². The van der Waals surface area contributed by atoms with Gasteiger partial charge in [-0.15, -0.1) is 0 Å². The molecule has 1 aliphatic rings. The lowest BCUT2D eigenvalue weighted by Crippen LogP contribution is -2.38. The van der Waals surface area contributed by atoms with E-state index >= 15 is 0 Å². The molecular formula is C28H33NO2. The lowest BCUT2D eigenvalue weighted by atomic mass is 10.00. The summed E-state index contributed by atoms with van der Waals surface area (Å²) in [5.41, 5.74) is 3.65. The maximum Gasteiger partial charge on any atom is 0.122 e. The van der Waals surface area contributed by atoms with Crippen LogP contribution in [0.2, 0.25) is 0 Å². The van der Waals surface area contributed by atoms with Gasteiger partial charge in [0, 0.05) is 19.6 Å². The maximum absolute atomic E-state index is 6.66. The fourth-order valence-corrected chi connectivity index (χ4v) is 4.26. The second kappa shape index (κ2) is 11.1. The number of rotatable bonds is 9. The van der Waals surface area contributed by atoms with Gasteiger partial charge in [0.1, 0.15) is 11.9 Å². The van der Waals surface area contributed by atoms with E-state index in [9.17, 15) is 0 Å². The maximum atomic E-state index is 6.66. The highest BCUT2D eigenvalue weighted by Gasteiger charge is 2.24. The molecule has 0 atom stereocenters. The first-order valence-corrected chi connectivity index (χ1v) is 11.5. The van der Waals surface area contributed by atoms with Gasteiger partial charge in [0.2, 0.25) is 0 Å². The third kappa shape index (κ3) is 6.19. The monoisotopic (exact) mass is 415 g/mol. The average molecular weight is 416 g/mol. The number of likely N-dealkylation sites (tertiary alicyclic amines) is 1. The smallest absolute Gasteiger partial charge is 0.122 e. The molecule has 4 rings (SSSR count). The van der Waals surface area contributed by atoms with Gasteiger partial charge >= 0.3 is 0 Å². The highest BCUT2D eigenvalue weighted by molar-refractivity contribution is 5.32. The SMILES string of the molecule is Cc1ccccc1OCCCN1CCC(OC(c2ccccc2)c2ccccc2)CC1. The van der Waals surface area contributed by atoms with Crippen LogP contribution in [0, 0.1) is 6.92 Å². The second-order valence-electron chi connectivity index (χ2n) is 8.35. The molecule has 0 aliphatic carbocycles. The first-order valence-electron chi connectivity index (χ1n) is 11.5. The van der Waals surface area contributed by atoms with Crippen LogP contribution >= 0.6 is 0 Å². The predicted octanol–water partition coefficient (Wildman–Crippen LogP) is 6.03. The number of piperidine rings is 1. The largest absolute Gasteiger partial charge is 0.493 e. The number of benzene rings is 3. The van der Waals surface area contributed by atoms with Crippen LogP contribution in [0.4, 0.5) is 0 Å². The summed E-state index contributed by atoms with van der Waals surface area (Å²) in [5.74, 6) is 1.00. The lowest BCUT2D eigenvalue weighted by Gasteiger charge is -2.34. The van der Waals surface area contributed by atoms with Gasteiger partial charge in [0.15, 0.2) is 0 Å². The van der Waals surface area contributed by atoms with E-state index in [1.807, 2.05) is 12.1 Å². The van der Waals surface area contributed by atoms with Crippen LogP contribution < -0.4 is 4.74 Å². The number of hydrogen-bond acceptors (Lipinski definition) is 3. The van der Waals surface area contributed by atoms with E-state index in [0.717, 1.165) is 51.3 Å². The molecule has 0 spiro atoms. The summed E-state index contributed by atoms with van der Waals surface area (Å²) < 4.78 is 12.6. The van der Waals surface area contributed by atoms with Crippen molar-refractivity contribution in [2.24, 2.45) is 0 Å². The average Bonchev–Trinajstić information content (AvgIpc) is 2.83. The summed E-state index contributed by atoms with van der Waals surface area (Å²) >= 11 is 0. The quantitative estimate of drug-likeness (QED) is 0.398. The molecule has 0 amide bonds. The van der Waals surface area contributed by atoms with Gasteiger partial charge in [0.25, 0.3) is 0 Å². The Hall–Kier alpha value is -2.62. The van der Waals surface area contributed by atoms with Crippen molar-refractivity contribution >= 4 is 0 Å². The van der Waals surface area contributed by atoms with Crippen molar-refractivity contribution in [2.75, 3.05) is 26.2 Å². The highest BCUT2D eigenvalue weighted by Crippen LogP contribution is 2.30. The summed E-state index contributed by atoms with van der Waals surface area (Å²) in [4.78, 5) is 2.54. The molecule has 0 aromatic heterocycles. The molecule has 0 radical (unpaired) electrons. The van der Waals surface area contributed by atoms with Gasteiger partial charge in [0.05, 0.1) is 12.7 Å². The van der Waals surface area contributed by atoms with E-state index in [1.165, 1.54) is 16.7 Å². The molecule has 1 fully saturated rings. The summed E-state index contributed by atoms with van der Waals surface area (Å²) in [6, 6.07) is 29.4. The molecule has 1 saturated heterocycles. The van der Waals surface area contributed by atoms with E-state index in [0.29, 0.717) is 6.10 Å². The lowest BCUT2D eigenvalue weighted by molar-refractivity contribution is -0.0273. The number of nitrogens with zero attached hydrogens (tertiary/aromatic N) is 1. The molecule has 3 aromatic rings. The van der Waals surface area contributed by atoms with Crippen LogP contribution in [-0.4, -0.2) is 37.2 Å². The van der Waals surface area contributed by atoms with Crippen molar-refractivity contribution in [3.63, 3.8) is 0 Å². The van der Waals surface area contributed by atoms with Gasteiger partial charge in [-0.05, 0) is 48.9 Å². The molecule has 162 valence electrons. The fourth-order valence-electron chi connectivity index (χ4n) is 4.26. The molecule has 3 heteroatoms. The first-order chi connectivity index (χ1) is 15.3. The molecule has 0 saturated carbocycles. The molecule has 31 heavy (non-hydrogen) atoms. The van der Waals surface area contributed by atoms with Crippen LogP contribution in [0.5, 0.6) is 5.75 Å². The molecule has 1 heterocycles. The minimum Gasteiger partial charge on any atom is -0.493 e. The Morgan fingerprint density at radius 2 is 1.39 bits per heavy atom. The van der Waals surface area contributed by atoms with Crippen LogP contribution in [0.15, 0.2) is 84.9 Å². The van der Waals surface area contributed by atoms with Crippen molar-refractivity contribution < 1.29 is 9.47 Å². The van der Waals surface area contributed by atoms with Gasteiger partial charge < -0.3 is 14.4 Å². The van der Waals surface area contributed by atoms with E-state index in [4.69, 9.17) is 9.47 Å². The van der Waals surface area contributed by atoms with Gasteiger partial charge in [-0.3, -0.25) is 0 Å². The van der Waals surface area contributed by atoms with Crippen LogP contribution in [0.3, 0.4) is 0 Å². The number of ether oxygens (including phenoxy) is 2. The summed E-state index contributed by atoms with van der Waals surface area (Å²) in [6.45, 7) is 6.12. The van der Waals surface area contributed by atoms with E-state index in [2.05, 4.69) is 84.6 Å². The normalized spacial score (nSPS) is 15.3. The Morgan fingerprint density at radius 3 is 2.00 bits per heavy atom. The number of aryl methyl sites for hydroxylation is 1. The third-order valence-electron chi connectivity index (χ3n) is 6.04. The standard InChI is InChI=1S/C28H33NO2/c1-23-11-8-9-16-27(23)30-22-10-19-29-20-17-26(18-21-29)31-28(24-12-4-2-5-13-24)25-14-6-3-7-15-25/h2-9,11-16,26,28H,10,17-22H2,1H3. The molecule has 0 unspecified atom stereocenters. The number of hydrogen-bond donors (Lipinski definition) is 0. The van der Waals surface area contributed by atoms with Crippen molar-refractivity contribution in [1.29, 1.82) is 0 Å². The van der Waals surface area contributed by atoms with Gasteiger partial charge in [-0.1, -0.05) is 78.9 Å². The molecule has 3 aromatic carbocycles. The molecule has 0 N–H and O–H groups in total. The predicted molar refractivity (Wildman–Crippen MR) is 127 cm³/mol. The summed E-state index contributed by atoms with van der Waals surface area (Å²) in [6.07, 6.45) is 3.51. The van der Waals surface area contributed by atoms with Crippen LogP contribution in [0.25, 0.3) is 0 Å². The Kier molecular flexibility index (Phi) is 7.76. The van der Waals surface area contributed by atoms with E-state index in [-0.39, 0.29) is 6.10 Å². The highest BCUT2D eigenvalue weighted by atomic mass is 16.5. The second-order valence-corrected chi connectivity index (χ2v) is 8.35. The van der Waals surface area contributed by atoms with E-state index in [1.54, 1.807) is 0 Å². The van der Waals surface area contributed by atoms with Crippen LogP contribution in [0.1, 0.15) is 42.1 Å². The first kappa shape index (κ1) is 21.6. The topological polar surface area (TPSA) is 21.7 Å². The summed E-state index contributed by atoms with van der Waals surface area (Å²) in [5, 5.41) is 0. The van der Waals surface area contributed by atoms with Gasteiger partial charge in [-0.2, -0.15) is 0 Å². The minimum atomic E-state index is 0.00135. The zero-order chi connectivity index (χ0) is 21.3. The Morgan fingerprint density at radius 1 is 0.806 bits per heavy atom. The zero-order valence-electron chi connectivity index (χ0n) is 18.5.